The number of rotatable bonds is 5. The maximum absolute atomic E-state index is 12.2. The van der Waals surface area contributed by atoms with Crippen LogP contribution in [0.1, 0.15) is 25.5 Å². The summed E-state index contributed by atoms with van der Waals surface area (Å²) in [5.41, 5.74) is 5.90. The van der Waals surface area contributed by atoms with E-state index >= 15 is 0 Å². The second-order valence-electron chi connectivity index (χ2n) is 3.94. The van der Waals surface area contributed by atoms with Crippen molar-refractivity contribution in [3.05, 3.63) is 29.8 Å². The molecular weight excluding hydrogens is 278 g/mol. The Morgan fingerprint density at radius 1 is 1.32 bits per heavy atom. The first-order valence-electron chi connectivity index (χ1n) is 5.51. The lowest BCUT2D eigenvalue weighted by Gasteiger charge is -2.19. The molecule has 0 saturated carbocycles. The number of alkyl halides is 2. The van der Waals surface area contributed by atoms with Gasteiger partial charge < -0.3 is 15.8 Å². The molecule has 1 unspecified atom stereocenters. The largest absolute Gasteiger partial charge is 0.434 e. The Labute approximate surface area is 116 Å². The SMILES string of the molecule is CC(NC(=O)[C@H](C)N)c1ccccc1OC(F)F.Cl. The molecule has 0 fully saturated rings. The highest BCUT2D eigenvalue weighted by atomic mass is 35.5. The van der Waals surface area contributed by atoms with Crippen molar-refractivity contribution in [2.75, 3.05) is 0 Å². The van der Waals surface area contributed by atoms with Crippen molar-refractivity contribution in [1.29, 1.82) is 0 Å². The Balaban J connectivity index is 0.00000324. The lowest BCUT2D eigenvalue weighted by Crippen LogP contribution is -2.39. The van der Waals surface area contributed by atoms with Crippen molar-refractivity contribution >= 4 is 18.3 Å². The van der Waals surface area contributed by atoms with Gasteiger partial charge in [-0.1, -0.05) is 18.2 Å². The highest BCUT2D eigenvalue weighted by molar-refractivity contribution is 5.85. The fourth-order valence-corrected chi connectivity index (χ4v) is 1.46. The van der Waals surface area contributed by atoms with Crippen LogP contribution in [0.4, 0.5) is 8.78 Å². The molecule has 7 heteroatoms. The lowest BCUT2D eigenvalue weighted by atomic mass is 10.1. The number of amides is 1. The minimum Gasteiger partial charge on any atom is -0.434 e. The Kier molecular flexibility index (Phi) is 7.33. The normalized spacial score (nSPS) is 13.4. The van der Waals surface area contributed by atoms with Gasteiger partial charge >= 0.3 is 6.61 Å². The molecule has 1 amide bonds. The van der Waals surface area contributed by atoms with Gasteiger partial charge in [0, 0.05) is 5.56 Å². The fraction of sp³-hybridized carbons (Fsp3) is 0.417. The number of hydrogen-bond donors (Lipinski definition) is 2. The number of nitrogens with one attached hydrogen (secondary N) is 1. The number of ether oxygens (including phenoxy) is 1. The molecule has 0 bridgehead atoms. The maximum atomic E-state index is 12.2. The van der Waals surface area contributed by atoms with Gasteiger partial charge in [-0.25, -0.2) is 0 Å². The number of carbonyl (C=O) groups is 1. The van der Waals surface area contributed by atoms with Crippen molar-refractivity contribution in [3.63, 3.8) is 0 Å². The first-order chi connectivity index (χ1) is 8.41. The summed E-state index contributed by atoms with van der Waals surface area (Å²) in [6.07, 6.45) is 0. The van der Waals surface area contributed by atoms with Crippen LogP contribution >= 0.6 is 12.4 Å². The van der Waals surface area contributed by atoms with Crippen molar-refractivity contribution in [3.8, 4) is 5.75 Å². The zero-order valence-electron chi connectivity index (χ0n) is 10.6. The molecule has 0 aliphatic rings. The van der Waals surface area contributed by atoms with Gasteiger partial charge in [0.15, 0.2) is 0 Å². The summed E-state index contributed by atoms with van der Waals surface area (Å²) in [6, 6.07) is 5.19. The van der Waals surface area contributed by atoms with Crippen molar-refractivity contribution in [1.82, 2.24) is 5.32 Å². The highest BCUT2D eigenvalue weighted by Gasteiger charge is 2.17. The molecule has 1 rings (SSSR count). The summed E-state index contributed by atoms with van der Waals surface area (Å²) in [4.78, 5) is 11.4. The summed E-state index contributed by atoms with van der Waals surface area (Å²) in [5.74, 6) is -0.306. The van der Waals surface area contributed by atoms with E-state index < -0.39 is 18.7 Å². The molecule has 0 radical (unpaired) electrons. The van der Waals surface area contributed by atoms with Gasteiger partial charge in [0.25, 0.3) is 0 Å². The third kappa shape index (κ3) is 5.40. The van der Waals surface area contributed by atoms with Crippen LogP contribution in [-0.2, 0) is 4.79 Å². The lowest BCUT2D eigenvalue weighted by molar-refractivity contribution is -0.122. The van der Waals surface area contributed by atoms with Crippen LogP contribution in [0.5, 0.6) is 5.75 Å². The zero-order chi connectivity index (χ0) is 13.7. The highest BCUT2D eigenvalue weighted by Crippen LogP contribution is 2.26. The minimum absolute atomic E-state index is 0. The van der Waals surface area contributed by atoms with Gasteiger partial charge in [0.05, 0.1) is 12.1 Å². The molecular formula is C12H17ClF2N2O2. The number of benzene rings is 1. The summed E-state index contributed by atoms with van der Waals surface area (Å²) in [7, 11) is 0. The Bertz CT molecular complexity index is 416. The Morgan fingerprint density at radius 2 is 1.89 bits per heavy atom. The van der Waals surface area contributed by atoms with Gasteiger partial charge in [0.2, 0.25) is 5.91 Å². The molecule has 3 N–H and O–H groups in total. The van der Waals surface area contributed by atoms with Crippen molar-refractivity contribution < 1.29 is 18.3 Å². The second kappa shape index (κ2) is 7.91. The van der Waals surface area contributed by atoms with Gasteiger partial charge in [0.1, 0.15) is 5.75 Å². The van der Waals surface area contributed by atoms with E-state index in [1.54, 1.807) is 32.0 Å². The monoisotopic (exact) mass is 294 g/mol. The Hall–Kier alpha value is -1.40. The van der Waals surface area contributed by atoms with E-state index in [1.165, 1.54) is 6.07 Å². The fourth-order valence-electron chi connectivity index (χ4n) is 1.46. The topological polar surface area (TPSA) is 64.4 Å². The number of carbonyl (C=O) groups excluding carboxylic acids is 1. The smallest absolute Gasteiger partial charge is 0.387 e. The number of halogens is 3. The molecule has 4 nitrogen and oxygen atoms in total. The molecule has 0 spiro atoms. The average Bonchev–Trinajstić information content (AvgIpc) is 2.28. The summed E-state index contributed by atoms with van der Waals surface area (Å²) in [5, 5.41) is 2.62. The molecule has 19 heavy (non-hydrogen) atoms. The third-order valence-corrected chi connectivity index (χ3v) is 2.37. The van der Waals surface area contributed by atoms with Crippen LogP contribution in [0.15, 0.2) is 24.3 Å². The number of hydrogen-bond acceptors (Lipinski definition) is 3. The molecule has 0 saturated heterocycles. The van der Waals surface area contributed by atoms with Gasteiger partial charge in [-0.2, -0.15) is 8.78 Å². The number of para-hydroxylation sites is 1. The van der Waals surface area contributed by atoms with Crippen LogP contribution in [0.2, 0.25) is 0 Å². The molecule has 1 aromatic rings. The van der Waals surface area contributed by atoms with E-state index in [9.17, 15) is 13.6 Å². The van der Waals surface area contributed by atoms with Crippen molar-refractivity contribution in [2.45, 2.75) is 32.5 Å². The summed E-state index contributed by atoms with van der Waals surface area (Å²) in [6.45, 7) is 0.319. The maximum Gasteiger partial charge on any atom is 0.387 e. The number of nitrogens with two attached hydrogens (primary N) is 1. The van der Waals surface area contributed by atoms with Gasteiger partial charge in [-0.05, 0) is 19.9 Å². The standard InChI is InChI=1S/C12H16F2N2O2.ClH/c1-7(15)11(17)16-8(2)9-5-3-4-6-10(9)18-12(13)14;/h3-8,12H,15H2,1-2H3,(H,16,17);1H/t7-,8?;/m0./s1. The summed E-state index contributed by atoms with van der Waals surface area (Å²) >= 11 is 0. The van der Waals surface area contributed by atoms with E-state index in [-0.39, 0.29) is 24.1 Å². The van der Waals surface area contributed by atoms with Crippen molar-refractivity contribution in [2.24, 2.45) is 5.73 Å². The minimum atomic E-state index is -2.90. The van der Waals surface area contributed by atoms with E-state index in [2.05, 4.69) is 10.1 Å². The first-order valence-corrected chi connectivity index (χ1v) is 5.51. The molecule has 0 aromatic heterocycles. The quantitative estimate of drug-likeness (QED) is 0.875. The van der Waals surface area contributed by atoms with Gasteiger partial charge in [-0.3, -0.25) is 4.79 Å². The Morgan fingerprint density at radius 3 is 2.42 bits per heavy atom. The van der Waals surface area contributed by atoms with E-state index in [4.69, 9.17) is 5.73 Å². The molecule has 108 valence electrons. The zero-order valence-corrected chi connectivity index (χ0v) is 11.4. The molecule has 2 atom stereocenters. The van der Waals surface area contributed by atoms with Crippen LogP contribution < -0.4 is 15.8 Å². The van der Waals surface area contributed by atoms with Gasteiger partial charge in [-0.15, -0.1) is 12.4 Å². The molecule has 1 aromatic carbocycles. The predicted molar refractivity (Wildman–Crippen MR) is 70.5 cm³/mol. The van der Waals surface area contributed by atoms with Crippen LogP contribution in [0, 0.1) is 0 Å². The van der Waals surface area contributed by atoms with Crippen LogP contribution in [0.25, 0.3) is 0 Å². The summed E-state index contributed by atoms with van der Waals surface area (Å²) < 4.78 is 28.8. The molecule has 0 heterocycles. The first kappa shape index (κ1) is 17.6. The van der Waals surface area contributed by atoms with E-state index in [1.807, 2.05) is 0 Å². The molecule has 0 aliphatic carbocycles. The molecule has 0 aliphatic heterocycles. The average molecular weight is 295 g/mol. The second-order valence-corrected chi connectivity index (χ2v) is 3.94. The van der Waals surface area contributed by atoms with Crippen LogP contribution in [0.3, 0.4) is 0 Å². The van der Waals surface area contributed by atoms with E-state index in [0.29, 0.717) is 5.56 Å². The van der Waals surface area contributed by atoms with E-state index in [0.717, 1.165) is 0 Å². The predicted octanol–water partition coefficient (Wildman–Crippen LogP) is 2.23. The third-order valence-electron chi connectivity index (χ3n) is 2.37. The van der Waals surface area contributed by atoms with Crippen LogP contribution in [-0.4, -0.2) is 18.6 Å².